The molecule has 1 aliphatic carbocycles. The van der Waals surface area contributed by atoms with E-state index in [4.69, 9.17) is 5.73 Å². The maximum Gasteiger partial charge on any atom is 0.270 e. The summed E-state index contributed by atoms with van der Waals surface area (Å²) < 4.78 is 1.51. The van der Waals surface area contributed by atoms with Crippen LogP contribution in [0.25, 0.3) is 0 Å². The maximum atomic E-state index is 13.4. The zero-order valence-electron chi connectivity index (χ0n) is 25.0. The summed E-state index contributed by atoms with van der Waals surface area (Å²) >= 11 is 0. The van der Waals surface area contributed by atoms with Gasteiger partial charge in [-0.1, -0.05) is 61.7 Å². The van der Waals surface area contributed by atoms with Crippen molar-refractivity contribution >= 4 is 23.4 Å². The number of rotatable bonds is 10. The van der Waals surface area contributed by atoms with E-state index in [0.717, 1.165) is 57.3 Å². The molecule has 43 heavy (non-hydrogen) atoms. The van der Waals surface area contributed by atoms with Crippen LogP contribution in [0.5, 0.6) is 0 Å². The van der Waals surface area contributed by atoms with Gasteiger partial charge in [0.1, 0.15) is 11.7 Å². The Morgan fingerprint density at radius 2 is 1.60 bits per heavy atom. The Kier molecular flexibility index (Phi) is 10.2. The summed E-state index contributed by atoms with van der Waals surface area (Å²) in [5.41, 5.74) is 9.61. The Bertz CT molecular complexity index is 1360. The third-order valence-corrected chi connectivity index (χ3v) is 8.67. The van der Waals surface area contributed by atoms with Crippen LogP contribution in [0, 0.1) is 5.92 Å². The molecule has 2 aromatic carbocycles. The van der Waals surface area contributed by atoms with E-state index in [0.29, 0.717) is 30.9 Å². The average molecular weight is 586 g/mol. The van der Waals surface area contributed by atoms with Crippen LogP contribution in [0.15, 0.2) is 66.9 Å². The molecule has 10 nitrogen and oxygen atoms in total. The standard InChI is InChI=1S/C33H43N7O3/c1-38-29(16-17-35-38)31(41)37-30(26-10-6-3-7-11-26)32(42)36-27-14-12-24(13-15-27)22-28(34)33(43)40-20-18-39(19-21-40)23-25-8-4-2-5-9-25/h2,4-5,8-9,12-17,26,28,30H,3,6-7,10-11,18-23,34H2,1H3,(H,36,42)(H,37,41)/t28-,30+/m1/s1. The predicted octanol–water partition coefficient (Wildman–Crippen LogP) is 2.95. The Balaban J connectivity index is 1.13. The lowest BCUT2D eigenvalue weighted by Crippen LogP contribution is -2.53. The van der Waals surface area contributed by atoms with Crippen molar-refractivity contribution in [3.63, 3.8) is 0 Å². The molecule has 0 radical (unpaired) electrons. The van der Waals surface area contributed by atoms with Crippen LogP contribution < -0.4 is 16.4 Å². The fourth-order valence-electron chi connectivity index (χ4n) is 6.16. The van der Waals surface area contributed by atoms with Crippen LogP contribution in [0.1, 0.15) is 53.7 Å². The zero-order chi connectivity index (χ0) is 30.2. The lowest BCUT2D eigenvalue weighted by Gasteiger charge is -2.36. The van der Waals surface area contributed by atoms with Gasteiger partial charge in [0.15, 0.2) is 0 Å². The SMILES string of the molecule is Cn1nccc1C(=O)N[C@H](C(=O)Nc1ccc(C[C@@H](N)C(=O)N2CCN(Cc3ccccc3)CC2)cc1)C1CCCCC1. The number of anilines is 1. The number of aryl methyl sites for hydroxylation is 1. The second-order valence-corrected chi connectivity index (χ2v) is 11.8. The van der Waals surface area contributed by atoms with Crippen LogP contribution in [-0.4, -0.2) is 75.6 Å². The van der Waals surface area contributed by atoms with E-state index in [-0.39, 0.29) is 23.6 Å². The van der Waals surface area contributed by atoms with Crippen molar-refractivity contribution in [2.24, 2.45) is 18.7 Å². The van der Waals surface area contributed by atoms with Gasteiger partial charge in [0.25, 0.3) is 5.91 Å². The van der Waals surface area contributed by atoms with E-state index < -0.39 is 12.1 Å². The number of nitrogens with one attached hydrogen (secondary N) is 2. The van der Waals surface area contributed by atoms with Crippen molar-refractivity contribution < 1.29 is 14.4 Å². The number of aromatic nitrogens is 2. The topological polar surface area (TPSA) is 126 Å². The fraction of sp³-hybridized carbons (Fsp3) is 0.455. The molecule has 2 aliphatic rings. The molecule has 4 N–H and O–H groups in total. The Labute approximate surface area is 253 Å². The molecule has 2 fully saturated rings. The van der Waals surface area contributed by atoms with E-state index in [1.165, 1.54) is 10.2 Å². The molecule has 1 aromatic heterocycles. The van der Waals surface area contributed by atoms with Gasteiger partial charge >= 0.3 is 0 Å². The summed E-state index contributed by atoms with van der Waals surface area (Å²) in [5.74, 6) is -0.489. The number of carbonyl (C=O) groups is 3. The van der Waals surface area contributed by atoms with E-state index in [2.05, 4.69) is 32.8 Å². The first-order chi connectivity index (χ1) is 20.9. The second kappa shape index (κ2) is 14.4. The fourth-order valence-corrected chi connectivity index (χ4v) is 6.16. The first-order valence-corrected chi connectivity index (χ1v) is 15.4. The minimum Gasteiger partial charge on any atom is -0.339 e. The highest BCUT2D eigenvalue weighted by atomic mass is 16.2. The first-order valence-electron chi connectivity index (χ1n) is 15.4. The second-order valence-electron chi connectivity index (χ2n) is 11.8. The third kappa shape index (κ3) is 8.09. The monoisotopic (exact) mass is 585 g/mol. The summed E-state index contributed by atoms with van der Waals surface area (Å²) in [5, 5.41) is 10.0. The number of nitrogens with zero attached hydrogens (tertiary/aromatic N) is 4. The highest BCUT2D eigenvalue weighted by molar-refractivity contribution is 6.00. The molecule has 1 aliphatic heterocycles. The summed E-state index contributed by atoms with van der Waals surface area (Å²) in [6.45, 7) is 3.88. The van der Waals surface area contributed by atoms with Gasteiger partial charge in [-0.25, -0.2) is 0 Å². The molecule has 228 valence electrons. The smallest absolute Gasteiger partial charge is 0.270 e. The van der Waals surface area contributed by atoms with Crippen LogP contribution in [-0.2, 0) is 29.6 Å². The first kappa shape index (κ1) is 30.4. The molecule has 3 amide bonds. The Hall–Kier alpha value is -4.02. The Morgan fingerprint density at radius 1 is 0.907 bits per heavy atom. The molecular formula is C33H43N7O3. The quantitative estimate of drug-likeness (QED) is 0.336. The number of amides is 3. The van der Waals surface area contributed by atoms with Crippen molar-refractivity contribution in [1.82, 2.24) is 24.9 Å². The van der Waals surface area contributed by atoms with Gasteiger partial charge in [0.05, 0.1) is 6.04 Å². The molecule has 10 heteroatoms. The average Bonchev–Trinajstić information content (AvgIpc) is 3.47. The molecule has 2 atom stereocenters. The molecule has 5 rings (SSSR count). The highest BCUT2D eigenvalue weighted by Gasteiger charge is 2.32. The van der Waals surface area contributed by atoms with Gasteiger partial charge in [0.2, 0.25) is 11.8 Å². The molecular weight excluding hydrogens is 542 g/mol. The zero-order valence-corrected chi connectivity index (χ0v) is 25.0. The van der Waals surface area contributed by atoms with Crippen LogP contribution >= 0.6 is 0 Å². The minimum atomic E-state index is -0.637. The number of piperazine rings is 1. The third-order valence-electron chi connectivity index (χ3n) is 8.67. The molecule has 0 bridgehead atoms. The van der Waals surface area contributed by atoms with Gasteiger partial charge in [-0.2, -0.15) is 5.10 Å². The highest BCUT2D eigenvalue weighted by Crippen LogP contribution is 2.27. The molecule has 2 heterocycles. The lowest BCUT2D eigenvalue weighted by molar-refractivity contribution is -0.134. The largest absolute Gasteiger partial charge is 0.339 e. The normalized spacial score (nSPS) is 17.7. The number of hydrogen-bond acceptors (Lipinski definition) is 6. The Morgan fingerprint density at radius 3 is 2.26 bits per heavy atom. The van der Waals surface area contributed by atoms with Crippen LogP contribution in [0.4, 0.5) is 5.69 Å². The van der Waals surface area contributed by atoms with Crippen LogP contribution in [0.3, 0.4) is 0 Å². The van der Waals surface area contributed by atoms with E-state index in [1.54, 1.807) is 19.3 Å². The molecule has 0 spiro atoms. The minimum absolute atomic E-state index is 0.0313. The van der Waals surface area contributed by atoms with Crippen molar-refractivity contribution in [1.29, 1.82) is 0 Å². The molecule has 0 unspecified atom stereocenters. The molecule has 1 saturated carbocycles. The summed E-state index contributed by atoms with van der Waals surface area (Å²) in [4.78, 5) is 43.7. The molecule has 3 aromatic rings. The van der Waals surface area contributed by atoms with E-state index in [9.17, 15) is 14.4 Å². The van der Waals surface area contributed by atoms with E-state index in [1.807, 2.05) is 47.4 Å². The van der Waals surface area contributed by atoms with E-state index >= 15 is 0 Å². The van der Waals surface area contributed by atoms with Crippen molar-refractivity contribution in [3.8, 4) is 0 Å². The summed E-state index contributed by atoms with van der Waals surface area (Å²) in [6, 6.07) is 18.2. The van der Waals surface area contributed by atoms with Crippen LogP contribution in [0.2, 0.25) is 0 Å². The van der Waals surface area contributed by atoms with Crippen molar-refractivity contribution in [3.05, 3.63) is 83.7 Å². The van der Waals surface area contributed by atoms with Crippen molar-refractivity contribution in [2.75, 3.05) is 31.5 Å². The van der Waals surface area contributed by atoms with Gasteiger partial charge in [-0.05, 0) is 54.5 Å². The number of hydrogen-bond donors (Lipinski definition) is 3. The van der Waals surface area contributed by atoms with Gasteiger partial charge in [-0.3, -0.25) is 24.0 Å². The van der Waals surface area contributed by atoms with Gasteiger partial charge < -0.3 is 21.3 Å². The lowest BCUT2D eigenvalue weighted by atomic mass is 9.83. The van der Waals surface area contributed by atoms with Gasteiger partial charge in [-0.15, -0.1) is 0 Å². The summed E-state index contributed by atoms with van der Waals surface area (Å²) in [6.07, 6.45) is 7.03. The number of carbonyl (C=O) groups excluding carboxylic acids is 3. The molecule has 1 saturated heterocycles. The van der Waals surface area contributed by atoms with Gasteiger partial charge in [0, 0.05) is 51.7 Å². The summed E-state index contributed by atoms with van der Waals surface area (Å²) in [7, 11) is 1.71. The van der Waals surface area contributed by atoms with Crippen molar-refractivity contribution in [2.45, 2.75) is 57.2 Å². The maximum absolute atomic E-state index is 13.4. The number of benzene rings is 2. The number of nitrogens with two attached hydrogens (primary N) is 1. The predicted molar refractivity (Wildman–Crippen MR) is 166 cm³/mol.